The van der Waals surface area contributed by atoms with Gasteiger partial charge in [0.15, 0.2) is 0 Å². The highest BCUT2D eigenvalue weighted by molar-refractivity contribution is 5.93. The molecule has 2 rings (SSSR count). The number of carbonyl (C=O) groups excluding carboxylic acids is 2. The molecule has 0 bridgehead atoms. The lowest BCUT2D eigenvalue weighted by Crippen LogP contribution is -2.37. The molecule has 2 aromatic carbocycles. The van der Waals surface area contributed by atoms with Crippen LogP contribution in [0.4, 0.5) is 4.79 Å². The number of rotatable bonds is 7. The standard InChI is InChI=1S/C20H25N3O3/c1-14-4-9-18(15(2)12-14)26-11-10-22-20(25)23-13-16-5-7-17(8-6-16)19(24)21-3/h4-9,12H,10-11,13H2,1-3H3,(H,21,24)(H2,22,23,25). The van der Waals surface area contributed by atoms with Crippen molar-refractivity contribution in [3.8, 4) is 5.75 Å². The Hall–Kier alpha value is -3.02. The molecular weight excluding hydrogens is 330 g/mol. The number of aryl methyl sites for hydroxylation is 2. The summed E-state index contributed by atoms with van der Waals surface area (Å²) < 4.78 is 5.67. The van der Waals surface area contributed by atoms with Gasteiger partial charge in [-0.2, -0.15) is 0 Å². The van der Waals surface area contributed by atoms with Crippen molar-refractivity contribution in [1.29, 1.82) is 0 Å². The van der Waals surface area contributed by atoms with Crippen LogP contribution in [0.5, 0.6) is 5.75 Å². The summed E-state index contributed by atoms with van der Waals surface area (Å²) in [7, 11) is 1.59. The molecule has 0 aromatic heterocycles. The molecular formula is C20H25N3O3. The van der Waals surface area contributed by atoms with Crippen LogP contribution >= 0.6 is 0 Å². The predicted octanol–water partition coefficient (Wildman–Crippen LogP) is 2.54. The number of nitrogens with one attached hydrogen (secondary N) is 3. The van der Waals surface area contributed by atoms with Gasteiger partial charge in [0, 0.05) is 19.2 Å². The summed E-state index contributed by atoms with van der Waals surface area (Å²) in [6.45, 7) is 5.23. The zero-order chi connectivity index (χ0) is 18.9. The average Bonchev–Trinajstić information content (AvgIpc) is 2.64. The summed E-state index contributed by atoms with van der Waals surface area (Å²) in [5.41, 5.74) is 3.77. The van der Waals surface area contributed by atoms with Crippen LogP contribution in [0.25, 0.3) is 0 Å². The van der Waals surface area contributed by atoms with E-state index in [4.69, 9.17) is 4.74 Å². The lowest BCUT2D eigenvalue weighted by atomic mass is 10.1. The van der Waals surface area contributed by atoms with E-state index in [1.807, 2.05) is 38.1 Å². The van der Waals surface area contributed by atoms with Crippen LogP contribution in [0.3, 0.4) is 0 Å². The Morgan fingerprint density at radius 1 is 1.00 bits per heavy atom. The van der Waals surface area contributed by atoms with Crippen molar-refractivity contribution in [2.45, 2.75) is 20.4 Å². The minimum atomic E-state index is -0.260. The third-order valence-corrected chi connectivity index (χ3v) is 3.87. The first-order valence-corrected chi connectivity index (χ1v) is 8.52. The molecule has 0 atom stereocenters. The summed E-state index contributed by atoms with van der Waals surface area (Å²) >= 11 is 0. The highest BCUT2D eigenvalue weighted by atomic mass is 16.5. The molecule has 6 nitrogen and oxygen atoms in total. The molecule has 0 fully saturated rings. The zero-order valence-corrected chi connectivity index (χ0v) is 15.4. The first-order chi connectivity index (χ1) is 12.5. The minimum Gasteiger partial charge on any atom is -0.491 e. The maximum absolute atomic E-state index is 11.8. The van der Waals surface area contributed by atoms with E-state index in [1.54, 1.807) is 19.2 Å². The largest absolute Gasteiger partial charge is 0.491 e. The van der Waals surface area contributed by atoms with Gasteiger partial charge < -0.3 is 20.7 Å². The lowest BCUT2D eigenvalue weighted by Gasteiger charge is -2.11. The Labute approximate surface area is 153 Å². The predicted molar refractivity (Wildman–Crippen MR) is 101 cm³/mol. The van der Waals surface area contributed by atoms with Gasteiger partial charge in [-0.1, -0.05) is 29.8 Å². The molecule has 138 valence electrons. The number of amides is 3. The van der Waals surface area contributed by atoms with Crippen molar-refractivity contribution in [3.63, 3.8) is 0 Å². The van der Waals surface area contributed by atoms with E-state index in [9.17, 15) is 9.59 Å². The summed E-state index contributed by atoms with van der Waals surface area (Å²) in [5, 5.41) is 8.09. The molecule has 0 radical (unpaired) electrons. The van der Waals surface area contributed by atoms with Crippen LogP contribution in [0.1, 0.15) is 27.0 Å². The number of hydrogen-bond donors (Lipinski definition) is 3. The molecule has 0 aliphatic carbocycles. The topological polar surface area (TPSA) is 79.5 Å². The molecule has 0 aliphatic heterocycles. The zero-order valence-electron chi connectivity index (χ0n) is 15.4. The monoisotopic (exact) mass is 355 g/mol. The highest BCUT2D eigenvalue weighted by Gasteiger charge is 2.04. The van der Waals surface area contributed by atoms with Gasteiger partial charge in [0.05, 0.1) is 6.54 Å². The third-order valence-electron chi connectivity index (χ3n) is 3.87. The van der Waals surface area contributed by atoms with Gasteiger partial charge in [0.1, 0.15) is 12.4 Å². The second-order valence-corrected chi connectivity index (χ2v) is 6.00. The third kappa shape index (κ3) is 5.81. The second-order valence-electron chi connectivity index (χ2n) is 6.00. The van der Waals surface area contributed by atoms with Crippen molar-refractivity contribution < 1.29 is 14.3 Å². The SMILES string of the molecule is CNC(=O)c1ccc(CNC(=O)NCCOc2ccc(C)cc2C)cc1. The van der Waals surface area contributed by atoms with E-state index < -0.39 is 0 Å². The molecule has 0 heterocycles. The molecule has 26 heavy (non-hydrogen) atoms. The number of benzene rings is 2. The normalized spacial score (nSPS) is 10.1. The number of ether oxygens (including phenoxy) is 1. The van der Waals surface area contributed by atoms with Gasteiger partial charge in [-0.15, -0.1) is 0 Å². The van der Waals surface area contributed by atoms with Crippen LogP contribution in [-0.4, -0.2) is 32.1 Å². The quantitative estimate of drug-likeness (QED) is 0.668. The van der Waals surface area contributed by atoms with E-state index >= 15 is 0 Å². The maximum Gasteiger partial charge on any atom is 0.315 e. The van der Waals surface area contributed by atoms with Gasteiger partial charge in [0.2, 0.25) is 0 Å². The van der Waals surface area contributed by atoms with E-state index in [2.05, 4.69) is 22.0 Å². The minimum absolute atomic E-state index is 0.133. The van der Waals surface area contributed by atoms with Gasteiger partial charge in [-0.3, -0.25) is 4.79 Å². The van der Waals surface area contributed by atoms with Gasteiger partial charge in [0.25, 0.3) is 5.91 Å². The highest BCUT2D eigenvalue weighted by Crippen LogP contribution is 2.18. The molecule has 0 unspecified atom stereocenters. The fourth-order valence-electron chi connectivity index (χ4n) is 2.45. The number of hydrogen-bond acceptors (Lipinski definition) is 3. The Kier molecular flexibility index (Phi) is 7.02. The first-order valence-electron chi connectivity index (χ1n) is 8.52. The van der Waals surface area contributed by atoms with Gasteiger partial charge in [-0.05, 0) is 43.2 Å². The van der Waals surface area contributed by atoms with E-state index in [-0.39, 0.29) is 11.9 Å². The fraction of sp³-hybridized carbons (Fsp3) is 0.300. The van der Waals surface area contributed by atoms with Crippen LogP contribution in [0.2, 0.25) is 0 Å². The second kappa shape index (κ2) is 9.46. The van der Waals surface area contributed by atoms with Crippen LogP contribution in [0.15, 0.2) is 42.5 Å². The Bertz CT molecular complexity index is 757. The molecule has 3 N–H and O–H groups in total. The lowest BCUT2D eigenvalue weighted by molar-refractivity contribution is 0.0963. The van der Waals surface area contributed by atoms with Crippen molar-refractivity contribution >= 4 is 11.9 Å². The Balaban J connectivity index is 1.68. The van der Waals surface area contributed by atoms with E-state index in [1.165, 1.54) is 5.56 Å². The molecule has 0 spiro atoms. The molecule has 6 heteroatoms. The van der Waals surface area contributed by atoms with Crippen LogP contribution in [-0.2, 0) is 6.54 Å². The fourth-order valence-corrected chi connectivity index (χ4v) is 2.45. The van der Waals surface area contributed by atoms with E-state index in [0.717, 1.165) is 16.9 Å². The first kappa shape index (κ1) is 19.3. The number of urea groups is 1. The summed E-state index contributed by atoms with van der Waals surface area (Å²) in [4.78, 5) is 23.3. The Morgan fingerprint density at radius 2 is 1.73 bits per heavy atom. The number of carbonyl (C=O) groups is 2. The van der Waals surface area contributed by atoms with Crippen molar-refractivity contribution in [2.24, 2.45) is 0 Å². The van der Waals surface area contributed by atoms with Crippen molar-refractivity contribution in [3.05, 3.63) is 64.7 Å². The van der Waals surface area contributed by atoms with Gasteiger partial charge in [-0.25, -0.2) is 4.79 Å². The summed E-state index contributed by atoms with van der Waals surface area (Å²) in [5.74, 6) is 0.695. The molecule has 3 amide bonds. The molecule has 0 aliphatic rings. The average molecular weight is 355 g/mol. The van der Waals surface area contributed by atoms with Crippen molar-refractivity contribution in [1.82, 2.24) is 16.0 Å². The molecule has 2 aromatic rings. The van der Waals surface area contributed by atoms with Crippen molar-refractivity contribution in [2.75, 3.05) is 20.2 Å². The summed E-state index contributed by atoms with van der Waals surface area (Å²) in [6, 6.07) is 12.8. The molecule has 0 saturated carbocycles. The smallest absolute Gasteiger partial charge is 0.315 e. The van der Waals surface area contributed by atoms with Crippen LogP contribution < -0.4 is 20.7 Å². The maximum atomic E-state index is 11.8. The van der Waals surface area contributed by atoms with Gasteiger partial charge >= 0.3 is 6.03 Å². The Morgan fingerprint density at radius 3 is 2.38 bits per heavy atom. The summed E-state index contributed by atoms with van der Waals surface area (Å²) in [6.07, 6.45) is 0. The van der Waals surface area contributed by atoms with Crippen LogP contribution in [0, 0.1) is 13.8 Å². The molecule has 0 saturated heterocycles. The van der Waals surface area contributed by atoms with E-state index in [0.29, 0.717) is 25.3 Å².